The van der Waals surface area contributed by atoms with Crippen LogP contribution in [0.4, 0.5) is 0 Å². The molecule has 0 spiro atoms. The van der Waals surface area contributed by atoms with Crippen LogP contribution in [0.25, 0.3) is 0 Å². The van der Waals surface area contributed by atoms with Gasteiger partial charge in [-0.2, -0.15) is 0 Å². The standard InChI is InChI=1S/C22H38O2/c1-13(2)17(15-5-9-19-21(11-15)23-19)7-8-18(14(3)4)16-6-10-20-22(12-16)24-20/h13-22H,5-12H2,1-4H3. The number of hydrogen-bond acceptors (Lipinski definition) is 2. The van der Waals surface area contributed by atoms with Gasteiger partial charge in [0.25, 0.3) is 0 Å². The summed E-state index contributed by atoms with van der Waals surface area (Å²) in [5, 5.41) is 0. The molecule has 0 radical (unpaired) electrons. The lowest BCUT2D eigenvalue weighted by Crippen LogP contribution is -2.29. The van der Waals surface area contributed by atoms with E-state index in [1.54, 1.807) is 0 Å². The highest BCUT2D eigenvalue weighted by Gasteiger charge is 2.47. The third-order valence-electron chi connectivity index (χ3n) is 7.85. The van der Waals surface area contributed by atoms with Gasteiger partial charge in [0.15, 0.2) is 0 Å². The molecule has 2 aliphatic heterocycles. The van der Waals surface area contributed by atoms with Gasteiger partial charge in [0, 0.05) is 0 Å². The van der Waals surface area contributed by atoms with Gasteiger partial charge in [-0.25, -0.2) is 0 Å². The van der Waals surface area contributed by atoms with Gasteiger partial charge in [0.1, 0.15) is 0 Å². The minimum atomic E-state index is 0.633. The quantitative estimate of drug-likeness (QED) is 0.579. The van der Waals surface area contributed by atoms with Crippen molar-refractivity contribution in [2.75, 3.05) is 0 Å². The van der Waals surface area contributed by atoms with Gasteiger partial charge in [0.2, 0.25) is 0 Å². The van der Waals surface area contributed by atoms with Gasteiger partial charge in [-0.1, -0.05) is 27.7 Å². The molecule has 4 fully saturated rings. The van der Waals surface area contributed by atoms with E-state index < -0.39 is 0 Å². The Morgan fingerprint density at radius 3 is 1.38 bits per heavy atom. The van der Waals surface area contributed by atoms with Gasteiger partial charge in [0.05, 0.1) is 24.4 Å². The smallest absolute Gasteiger partial charge is 0.0844 e. The van der Waals surface area contributed by atoms with Gasteiger partial charge in [-0.05, 0) is 86.9 Å². The van der Waals surface area contributed by atoms with Crippen molar-refractivity contribution in [3.8, 4) is 0 Å². The number of epoxide rings is 2. The van der Waals surface area contributed by atoms with E-state index in [0.29, 0.717) is 24.4 Å². The fraction of sp³-hybridized carbons (Fsp3) is 1.00. The van der Waals surface area contributed by atoms with Crippen LogP contribution in [-0.2, 0) is 9.47 Å². The molecular weight excluding hydrogens is 296 g/mol. The SMILES string of the molecule is CC(C)C(CCC(C(C)C)C1CCC2OC2C1)C1CCC2OC2C1. The van der Waals surface area contributed by atoms with E-state index in [1.165, 1.54) is 51.4 Å². The average Bonchev–Trinajstić information content (AvgIpc) is 3.43. The Kier molecular flexibility index (Phi) is 4.99. The molecule has 2 saturated heterocycles. The normalized spacial score (nSPS) is 43.2. The summed E-state index contributed by atoms with van der Waals surface area (Å²) in [6, 6.07) is 0. The molecule has 2 heteroatoms. The molecule has 0 amide bonds. The molecule has 4 aliphatic rings. The predicted octanol–water partition coefficient (Wildman–Crippen LogP) is 5.45. The molecule has 2 nitrogen and oxygen atoms in total. The summed E-state index contributed by atoms with van der Waals surface area (Å²) in [6.07, 6.45) is 13.6. The summed E-state index contributed by atoms with van der Waals surface area (Å²) in [6.45, 7) is 9.83. The third-order valence-corrected chi connectivity index (χ3v) is 7.85. The Hall–Kier alpha value is -0.0800. The van der Waals surface area contributed by atoms with Crippen LogP contribution >= 0.6 is 0 Å². The number of ether oxygens (including phenoxy) is 2. The molecule has 2 saturated carbocycles. The molecule has 0 aromatic rings. The van der Waals surface area contributed by atoms with Crippen LogP contribution in [0.3, 0.4) is 0 Å². The molecule has 0 bridgehead atoms. The van der Waals surface area contributed by atoms with Crippen molar-refractivity contribution in [3.05, 3.63) is 0 Å². The van der Waals surface area contributed by atoms with Gasteiger partial charge in [-0.15, -0.1) is 0 Å². The van der Waals surface area contributed by atoms with Crippen molar-refractivity contribution >= 4 is 0 Å². The van der Waals surface area contributed by atoms with Crippen LogP contribution in [0.1, 0.15) is 79.1 Å². The topological polar surface area (TPSA) is 25.1 Å². The Morgan fingerprint density at radius 1 is 0.625 bits per heavy atom. The average molecular weight is 335 g/mol. The van der Waals surface area contributed by atoms with E-state index in [4.69, 9.17) is 9.47 Å². The van der Waals surface area contributed by atoms with Gasteiger partial charge >= 0.3 is 0 Å². The molecule has 24 heavy (non-hydrogen) atoms. The molecule has 138 valence electrons. The van der Waals surface area contributed by atoms with Crippen LogP contribution in [0.15, 0.2) is 0 Å². The van der Waals surface area contributed by atoms with Crippen LogP contribution in [-0.4, -0.2) is 24.4 Å². The number of rotatable bonds is 7. The predicted molar refractivity (Wildman–Crippen MR) is 97.9 cm³/mol. The highest BCUT2D eigenvalue weighted by Crippen LogP contribution is 2.48. The lowest BCUT2D eigenvalue weighted by molar-refractivity contribution is 0.142. The van der Waals surface area contributed by atoms with Crippen molar-refractivity contribution in [2.24, 2.45) is 35.5 Å². The largest absolute Gasteiger partial charge is 0.370 e. The first-order valence-electron chi connectivity index (χ1n) is 10.8. The molecule has 0 aromatic carbocycles. The van der Waals surface area contributed by atoms with Gasteiger partial charge < -0.3 is 9.47 Å². The fourth-order valence-electron chi connectivity index (χ4n) is 6.26. The van der Waals surface area contributed by atoms with Crippen LogP contribution < -0.4 is 0 Å². The lowest BCUT2D eigenvalue weighted by atomic mass is 9.68. The minimum absolute atomic E-state index is 0.633. The molecular formula is C22H38O2. The summed E-state index contributed by atoms with van der Waals surface area (Å²) in [5.74, 6) is 5.30. The van der Waals surface area contributed by atoms with E-state index in [0.717, 1.165) is 35.5 Å². The van der Waals surface area contributed by atoms with Crippen molar-refractivity contribution in [1.29, 1.82) is 0 Å². The van der Waals surface area contributed by atoms with Crippen molar-refractivity contribution in [3.63, 3.8) is 0 Å². The maximum atomic E-state index is 5.80. The number of hydrogen-bond donors (Lipinski definition) is 0. The lowest BCUT2D eigenvalue weighted by Gasteiger charge is -2.36. The second kappa shape index (κ2) is 6.91. The second-order valence-corrected chi connectivity index (χ2v) is 9.97. The molecule has 4 rings (SSSR count). The first-order chi connectivity index (χ1) is 11.5. The van der Waals surface area contributed by atoms with Crippen molar-refractivity contribution in [2.45, 2.75) is 103 Å². The Balaban J connectivity index is 1.34. The van der Waals surface area contributed by atoms with Crippen molar-refractivity contribution < 1.29 is 9.47 Å². The van der Waals surface area contributed by atoms with Crippen LogP contribution in [0.2, 0.25) is 0 Å². The molecule has 2 heterocycles. The Bertz CT molecular complexity index is 392. The Morgan fingerprint density at radius 2 is 1.04 bits per heavy atom. The highest BCUT2D eigenvalue weighted by atomic mass is 16.6. The summed E-state index contributed by atoms with van der Waals surface area (Å²) in [7, 11) is 0. The van der Waals surface area contributed by atoms with E-state index in [2.05, 4.69) is 27.7 Å². The van der Waals surface area contributed by atoms with E-state index in [-0.39, 0.29) is 0 Å². The molecule has 8 unspecified atom stereocenters. The summed E-state index contributed by atoms with van der Waals surface area (Å²) in [4.78, 5) is 0. The fourth-order valence-corrected chi connectivity index (χ4v) is 6.26. The maximum Gasteiger partial charge on any atom is 0.0844 e. The number of fused-ring (bicyclic) bond motifs is 2. The Labute approximate surface area is 149 Å². The highest BCUT2D eigenvalue weighted by molar-refractivity contribution is 4.96. The first-order valence-corrected chi connectivity index (χ1v) is 10.8. The van der Waals surface area contributed by atoms with Gasteiger partial charge in [-0.3, -0.25) is 0 Å². The van der Waals surface area contributed by atoms with E-state index >= 15 is 0 Å². The maximum absolute atomic E-state index is 5.80. The molecule has 8 atom stereocenters. The van der Waals surface area contributed by atoms with E-state index in [9.17, 15) is 0 Å². The van der Waals surface area contributed by atoms with E-state index in [1.807, 2.05) is 0 Å². The summed E-state index contributed by atoms with van der Waals surface area (Å²) >= 11 is 0. The minimum Gasteiger partial charge on any atom is -0.370 e. The molecule has 0 aromatic heterocycles. The first kappa shape index (κ1) is 17.3. The summed E-state index contributed by atoms with van der Waals surface area (Å²) in [5.41, 5.74) is 0. The molecule has 0 N–H and O–H groups in total. The zero-order valence-corrected chi connectivity index (χ0v) is 16.2. The third kappa shape index (κ3) is 3.70. The second-order valence-electron chi connectivity index (χ2n) is 9.97. The summed E-state index contributed by atoms with van der Waals surface area (Å²) < 4.78 is 11.6. The van der Waals surface area contributed by atoms with Crippen LogP contribution in [0.5, 0.6) is 0 Å². The molecule has 2 aliphatic carbocycles. The monoisotopic (exact) mass is 334 g/mol. The zero-order chi connectivity index (χ0) is 16.8. The van der Waals surface area contributed by atoms with Crippen molar-refractivity contribution in [1.82, 2.24) is 0 Å². The zero-order valence-electron chi connectivity index (χ0n) is 16.2. The van der Waals surface area contributed by atoms with Crippen LogP contribution in [0, 0.1) is 35.5 Å².